The lowest BCUT2D eigenvalue weighted by Gasteiger charge is -1.99. The number of rotatable bonds is 2. The Morgan fingerprint density at radius 2 is 2.08 bits per heavy atom. The van der Waals surface area contributed by atoms with Crippen LogP contribution in [0.15, 0.2) is 42.6 Å². The average molecular weight is 157 g/mol. The van der Waals surface area contributed by atoms with E-state index in [9.17, 15) is 0 Å². The highest BCUT2D eigenvalue weighted by molar-refractivity contribution is 5.14. The fraction of sp³-hybridized carbons (Fsp3) is 0.100. The van der Waals surface area contributed by atoms with E-state index >= 15 is 0 Å². The summed E-state index contributed by atoms with van der Waals surface area (Å²) in [7, 11) is 0. The first kappa shape index (κ1) is 7.10. The van der Waals surface area contributed by atoms with Gasteiger partial charge in [0.05, 0.1) is 6.54 Å². The van der Waals surface area contributed by atoms with Gasteiger partial charge in [0.15, 0.2) is 0 Å². The summed E-state index contributed by atoms with van der Waals surface area (Å²) in [5, 5.41) is 4.00. The van der Waals surface area contributed by atoms with Crippen molar-refractivity contribution in [2.45, 2.75) is 6.54 Å². The molecule has 0 spiro atoms. The summed E-state index contributed by atoms with van der Waals surface area (Å²) in [6, 6.07) is 12.1. The fourth-order valence-corrected chi connectivity index (χ4v) is 1.12. The van der Waals surface area contributed by atoms with Crippen molar-refractivity contribution in [1.29, 1.82) is 0 Å². The summed E-state index contributed by atoms with van der Waals surface area (Å²) >= 11 is 0. The Balaban J connectivity index is 2.15. The third kappa shape index (κ3) is 1.53. The van der Waals surface area contributed by atoms with Crippen molar-refractivity contribution in [3.63, 3.8) is 0 Å². The summed E-state index contributed by atoms with van der Waals surface area (Å²) < 4.78 is 1.86. The molecule has 0 saturated carbocycles. The first-order valence-corrected chi connectivity index (χ1v) is 3.88. The third-order valence-electron chi connectivity index (χ3n) is 1.69. The zero-order valence-electron chi connectivity index (χ0n) is 6.64. The van der Waals surface area contributed by atoms with Crippen LogP contribution < -0.4 is 0 Å². The highest BCUT2D eigenvalue weighted by Crippen LogP contribution is 2.00. The van der Waals surface area contributed by atoms with Crippen molar-refractivity contribution in [2.24, 2.45) is 0 Å². The second-order valence-corrected chi connectivity index (χ2v) is 2.63. The maximum absolute atomic E-state index is 4.00. The minimum absolute atomic E-state index is 0.824. The van der Waals surface area contributed by atoms with Crippen LogP contribution in [-0.4, -0.2) is 9.78 Å². The second-order valence-electron chi connectivity index (χ2n) is 2.63. The number of hydrogen-bond acceptors (Lipinski definition) is 1. The van der Waals surface area contributed by atoms with Crippen molar-refractivity contribution in [3.8, 4) is 0 Å². The summed E-state index contributed by atoms with van der Waals surface area (Å²) in [5.41, 5.74) is 1.26. The molecule has 2 rings (SSSR count). The first-order chi connectivity index (χ1) is 5.95. The molecular formula is C10H9N2. The maximum Gasteiger partial charge on any atom is 0.113 e. The minimum Gasteiger partial charge on any atom is -0.268 e. The zero-order chi connectivity index (χ0) is 8.23. The first-order valence-electron chi connectivity index (χ1n) is 3.88. The minimum atomic E-state index is 0.824. The quantitative estimate of drug-likeness (QED) is 0.649. The molecular weight excluding hydrogens is 148 g/mol. The number of hydrogen-bond donors (Lipinski definition) is 0. The molecule has 1 radical (unpaired) electrons. The van der Waals surface area contributed by atoms with E-state index in [-0.39, 0.29) is 0 Å². The van der Waals surface area contributed by atoms with Gasteiger partial charge in [0.2, 0.25) is 0 Å². The predicted molar refractivity (Wildman–Crippen MR) is 46.6 cm³/mol. The lowest BCUT2D eigenvalue weighted by Crippen LogP contribution is -1.98. The molecule has 0 aliphatic carbocycles. The Labute approximate surface area is 71.5 Å². The van der Waals surface area contributed by atoms with Gasteiger partial charge in [-0.3, -0.25) is 4.68 Å². The highest BCUT2D eigenvalue weighted by Gasteiger charge is 1.91. The molecule has 2 nitrogen and oxygen atoms in total. The molecule has 0 aliphatic heterocycles. The van der Waals surface area contributed by atoms with E-state index < -0.39 is 0 Å². The van der Waals surface area contributed by atoms with Crippen LogP contribution in [0.25, 0.3) is 0 Å². The molecule has 2 heteroatoms. The Morgan fingerprint density at radius 3 is 2.75 bits per heavy atom. The van der Waals surface area contributed by atoms with Crippen LogP contribution in [0.1, 0.15) is 5.56 Å². The van der Waals surface area contributed by atoms with Gasteiger partial charge in [0.25, 0.3) is 0 Å². The van der Waals surface area contributed by atoms with Crippen molar-refractivity contribution >= 4 is 0 Å². The van der Waals surface area contributed by atoms with Gasteiger partial charge in [0, 0.05) is 6.20 Å². The summed E-state index contributed by atoms with van der Waals surface area (Å²) in [6.07, 6.45) is 4.67. The van der Waals surface area contributed by atoms with Crippen LogP contribution in [0.4, 0.5) is 0 Å². The lowest BCUT2D eigenvalue weighted by atomic mass is 10.2. The summed E-state index contributed by atoms with van der Waals surface area (Å²) in [6.45, 7) is 0.824. The second kappa shape index (κ2) is 3.22. The van der Waals surface area contributed by atoms with Gasteiger partial charge in [-0.15, -0.1) is 0 Å². The van der Waals surface area contributed by atoms with E-state index in [0.717, 1.165) is 6.54 Å². The van der Waals surface area contributed by atoms with Gasteiger partial charge in [0.1, 0.15) is 6.20 Å². The van der Waals surface area contributed by atoms with Crippen molar-refractivity contribution < 1.29 is 0 Å². The van der Waals surface area contributed by atoms with Gasteiger partial charge >= 0.3 is 0 Å². The largest absolute Gasteiger partial charge is 0.268 e. The smallest absolute Gasteiger partial charge is 0.113 e. The van der Waals surface area contributed by atoms with Gasteiger partial charge in [-0.1, -0.05) is 30.3 Å². The van der Waals surface area contributed by atoms with E-state index in [4.69, 9.17) is 0 Å². The molecule has 12 heavy (non-hydrogen) atoms. The van der Waals surface area contributed by atoms with Gasteiger partial charge in [-0.25, -0.2) is 0 Å². The van der Waals surface area contributed by atoms with Crippen LogP contribution in [0.3, 0.4) is 0 Å². The van der Waals surface area contributed by atoms with Crippen molar-refractivity contribution in [1.82, 2.24) is 9.78 Å². The van der Waals surface area contributed by atoms with Crippen molar-refractivity contribution in [2.75, 3.05) is 0 Å². The van der Waals surface area contributed by atoms with Gasteiger partial charge < -0.3 is 0 Å². The van der Waals surface area contributed by atoms with E-state index in [0.29, 0.717) is 0 Å². The Morgan fingerprint density at radius 1 is 1.25 bits per heavy atom. The maximum atomic E-state index is 4.00. The van der Waals surface area contributed by atoms with E-state index in [2.05, 4.69) is 23.4 Å². The van der Waals surface area contributed by atoms with Crippen LogP contribution in [0.5, 0.6) is 0 Å². The SMILES string of the molecule is [c]1ccn(Cc2ccccc2)n1. The molecule has 0 N–H and O–H groups in total. The fourth-order valence-electron chi connectivity index (χ4n) is 1.12. The van der Waals surface area contributed by atoms with Crippen LogP contribution in [0, 0.1) is 6.20 Å². The highest BCUT2D eigenvalue weighted by atomic mass is 15.3. The van der Waals surface area contributed by atoms with Crippen LogP contribution in [-0.2, 0) is 6.54 Å². The van der Waals surface area contributed by atoms with E-state index in [1.807, 2.05) is 35.1 Å². The molecule has 0 amide bonds. The number of nitrogens with zero attached hydrogens (tertiary/aromatic N) is 2. The molecule has 0 bridgehead atoms. The third-order valence-corrected chi connectivity index (χ3v) is 1.69. The Bertz CT molecular complexity index is 324. The molecule has 0 unspecified atom stereocenters. The normalized spacial score (nSPS) is 10.0. The zero-order valence-corrected chi connectivity index (χ0v) is 6.64. The molecule has 1 aromatic heterocycles. The molecule has 0 atom stereocenters. The summed E-state index contributed by atoms with van der Waals surface area (Å²) in [4.78, 5) is 0. The van der Waals surface area contributed by atoms with Crippen molar-refractivity contribution in [3.05, 3.63) is 54.4 Å². The Kier molecular flexibility index (Phi) is 1.90. The van der Waals surface area contributed by atoms with E-state index in [1.165, 1.54) is 5.56 Å². The molecule has 1 heterocycles. The van der Waals surface area contributed by atoms with Gasteiger partial charge in [-0.05, 0) is 11.6 Å². The lowest BCUT2D eigenvalue weighted by molar-refractivity contribution is 0.685. The topological polar surface area (TPSA) is 17.8 Å². The molecule has 2 aromatic rings. The molecule has 0 aliphatic rings. The number of aromatic nitrogens is 2. The van der Waals surface area contributed by atoms with Crippen LogP contribution >= 0.6 is 0 Å². The molecule has 59 valence electrons. The Hall–Kier alpha value is -1.57. The number of benzene rings is 1. The van der Waals surface area contributed by atoms with Gasteiger partial charge in [-0.2, -0.15) is 5.10 Å². The average Bonchev–Trinajstić information content (AvgIpc) is 2.59. The van der Waals surface area contributed by atoms with E-state index in [1.54, 1.807) is 0 Å². The molecule has 0 fully saturated rings. The summed E-state index contributed by atoms with van der Waals surface area (Å²) in [5.74, 6) is 0. The predicted octanol–water partition coefficient (Wildman–Crippen LogP) is 1.73. The molecule has 0 saturated heterocycles. The molecule has 1 aromatic carbocycles. The standard InChI is InChI=1S/C10H9N2/c1-2-5-10(6-3-1)9-12-8-4-7-11-12/h1-6,8H,9H2. The monoisotopic (exact) mass is 157 g/mol. The van der Waals surface area contributed by atoms with Crippen LogP contribution in [0.2, 0.25) is 0 Å².